The molecule has 4 heteroatoms. The lowest BCUT2D eigenvalue weighted by molar-refractivity contribution is -0.709. The Morgan fingerprint density at radius 2 is 1.81 bits per heavy atom. The molecule has 0 fully saturated rings. The first-order valence-electron chi connectivity index (χ1n) is 7.02. The molecule has 0 bridgehead atoms. The maximum Gasteiger partial charge on any atom is 0.282 e. The molecule has 0 unspecified atom stereocenters. The molecular formula is C17H20ClN2O+. The largest absolute Gasteiger partial charge is 0.330 e. The van der Waals surface area contributed by atoms with Crippen molar-refractivity contribution in [3.8, 4) is 0 Å². The van der Waals surface area contributed by atoms with Crippen LogP contribution in [-0.4, -0.2) is 11.9 Å². The molecule has 0 radical (unpaired) electrons. The van der Waals surface area contributed by atoms with Gasteiger partial charge >= 0.3 is 0 Å². The fraction of sp³-hybridized carbons (Fsp3) is 0.235. The molecule has 2 rings (SSSR count). The van der Waals surface area contributed by atoms with Crippen LogP contribution in [0.3, 0.4) is 0 Å². The van der Waals surface area contributed by atoms with Crippen LogP contribution in [0.25, 0.3) is 0 Å². The van der Waals surface area contributed by atoms with E-state index < -0.39 is 0 Å². The van der Waals surface area contributed by atoms with Crippen LogP contribution in [0.1, 0.15) is 25.5 Å². The zero-order valence-electron chi connectivity index (χ0n) is 12.2. The van der Waals surface area contributed by atoms with E-state index in [0.29, 0.717) is 5.02 Å². The van der Waals surface area contributed by atoms with E-state index in [1.807, 2.05) is 66.8 Å². The Morgan fingerprint density at radius 1 is 1.10 bits per heavy atom. The third kappa shape index (κ3) is 4.59. The van der Waals surface area contributed by atoms with Crippen molar-refractivity contribution >= 4 is 23.2 Å². The van der Waals surface area contributed by atoms with Crippen molar-refractivity contribution in [2.75, 3.05) is 5.32 Å². The second kappa shape index (κ2) is 7.25. The summed E-state index contributed by atoms with van der Waals surface area (Å²) in [5.41, 5.74) is 1.93. The van der Waals surface area contributed by atoms with Gasteiger partial charge in [0.25, 0.3) is 5.91 Å². The molecule has 3 N–H and O–H groups in total. The quantitative estimate of drug-likeness (QED) is 0.876. The molecule has 0 aliphatic rings. The van der Waals surface area contributed by atoms with Gasteiger partial charge in [-0.1, -0.05) is 41.9 Å². The number of quaternary nitrogens is 1. The number of carbonyl (C=O) groups is 1. The Balaban J connectivity index is 1.94. The first kappa shape index (κ1) is 15.5. The van der Waals surface area contributed by atoms with E-state index in [9.17, 15) is 4.79 Å². The molecule has 0 heterocycles. The Hall–Kier alpha value is -1.84. The standard InChI is InChI=1S/C17H19ClN2O/c1-12(14-7-6-8-15(18)11-14)19-13(2)17(21)20-16-9-4-3-5-10-16/h3-13,19H,1-2H3,(H,20,21)/p+1/t12-,13-/m1/s1. The molecule has 21 heavy (non-hydrogen) atoms. The molecule has 2 aromatic carbocycles. The van der Waals surface area contributed by atoms with Gasteiger partial charge in [0.1, 0.15) is 6.04 Å². The Kier molecular flexibility index (Phi) is 5.37. The van der Waals surface area contributed by atoms with Gasteiger partial charge < -0.3 is 10.6 Å². The minimum Gasteiger partial charge on any atom is -0.330 e. The van der Waals surface area contributed by atoms with Crippen molar-refractivity contribution in [2.45, 2.75) is 25.9 Å². The van der Waals surface area contributed by atoms with Crippen molar-refractivity contribution in [3.05, 3.63) is 65.2 Å². The van der Waals surface area contributed by atoms with Crippen molar-refractivity contribution in [2.24, 2.45) is 0 Å². The summed E-state index contributed by atoms with van der Waals surface area (Å²) < 4.78 is 0. The number of halogens is 1. The van der Waals surface area contributed by atoms with Gasteiger partial charge in [0.2, 0.25) is 0 Å². The van der Waals surface area contributed by atoms with Crippen molar-refractivity contribution in [1.29, 1.82) is 0 Å². The highest BCUT2D eigenvalue weighted by molar-refractivity contribution is 6.30. The van der Waals surface area contributed by atoms with Gasteiger partial charge in [-0.15, -0.1) is 0 Å². The molecule has 0 saturated heterocycles. The van der Waals surface area contributed by atoms with E-state index >= 15 is 0 Å². The van der Waals surface area contributed by atoms with Gasteiger partial charge in [-0.05, 0) is 38.1 Å². The number of hydrogen-bond donors (Lipinski definition) is 2. The molecule has 1 amide bonds. The SMILES string of the molecule is C[C@@H]([NH2+][C@H](C)c1cccc(Cl)c1)C(=O)Nc1ccccc1. The Morgan fingerprint density at radius 3 is 2.48 bits per heavy atom. The zero-order chi connectivity index (χ0) is 15.2. The summed E-state index contributed by atoms with van der Waals surface area (Å²) in [6, 6.07) is 17.2. The highest BCUT2D eigenvalue weighted by atomic mass is 35.5. The summed E-state index contributed by atoms with van der Waals surface area (Å²) >= 11 is 6.00. The average Bonchev–Trinajstić information content (AvgIpc) is 2.48. The highest BCUT2D eigenvalue weighted by Gasteiger charge is 2.20. The predicted octanol–water partition coefficient (Wildman–Crippen LogP) is 2.99. The number of nitrogens with one attached hydrogen (secondary N) is 1. The van der Waals surface area contributed by atoms with Gasteiger partial charge in [0.05, 0.1) is 0 Å². The zero-order valence-corrected chi connectivity index (χ0v) is 13.0. The monoisotopic (exact) mass is 303 g/mol. The van der Waals surface area contributed by atoms with E-state index in [2.05, 4.69) is 12.2 Å². The fourth-order valence-corrected chi connectivity index (χ4v) is 2.40. The lowest BCUT2D eigenvalue weighted by atomic mass is 10.1. The van der Waals surface area contributed by atoms with E-state index in [-0.39, 0.29) is 18.0 Å². The topological polar surface area (TPSA) is 45.7 Å². The first-order chi connectivity index (χ1) is 10.1. The van der Waals surface area contributed by atoms with E-state index in [4.69, 9.17) is 11.6 Å². The molecule has 2 atom stereocenters. The average molecular weight is 304 g/mol. The number of para-hydroxylation sites is 1. The highest BCUT2D eigenvalue weighted by Crippen LogP contribution is 2.15. The van der Waals surface area contributed by atoms with Crippen LogP contribution >= 0.6 is 11.6 Å². The van der Waals surface area contributed by atoms with Crippen molar-refractivity contribution in [3.63, 3.8) is 0 Å². The van der Waals surface area contributed by atoms with E-state index in [1.165, 1.54) is 0 Å². The van der Waals surface area contributed by atoms with Crippen molar-refractivity contribution in [1.82, 2.24) is 0 Å². The molecule has 0 spiro atoms. The number of anilines is 1. The maximum absolute atomic E-state index is 12.2. The minimum atomic E-state index is -0.181. The van der Waals surface area contributed by atoms with Gasteiger partial charge in [-0.25, -0.2) is 0 Å². The second-order valence-electron chi connectivity index (χ2n) is 5.18. The van der Waals surface area contributed by atoms with Crippen LogP contribution in [0, 0.1) is 0 Å². The summed E-state index contributed by atoms with van der Waals surface area (Å²) in [4.78, 5) is 12.2. The fourth-order valence-electron chi connectivity index (χ4n) is 2.20. The van der Waals surface area contributed by atoms with Crippen molar-refractivity contribution < 1.29 is 10.1 Å². The van der Waals surface area contributed by atoms with Gasteiger partial charge in [0, 0.05) is 16.3 Å². The summed E-state index contributed by atoms with van der Waals surface area (Å²) in [5.74, 6) is -0.00456. The molecule has 0 aliphatic carbocycles. The molecule has 0 aromatic heterocycles. The summed E-state index contributed by atoms with van der Waals surface area (Å²) in [6.07, 6.45) is 0. The van der Waals surface area contributed by atoms with Gasteiger partial charge in [0.15, 0.2) is 6.04 Å². The number of benzene rings is 2. The maximum atomic E-state index is 12.2. The van der Waals surface area contributed by atoms with E-state index in [1.54, 1.807) is 0 Å². The van der Waals surface area contributed by atoms with Crippen LogP contribution in [0.4, 0.5) is 5.69 Å². The molecule has 3 nitrogen and oxygen atoms in total. The minimum absolute atomic E-state index is 0.00456. The van der Waals surface area contributed by atoms with Gasteiger partial charge in [-0.3, -0.25) is 4.79 Å². The summed E-state index contributed by atoms with van der Waals surface area (Å²) in [5, 5.41) is 5.66. The third-order valence-electron chi connectivity index (χ3n) is 3.41. The molecule has 0 saturated carbocycles. The summed E-state index contributed by atoms with van der Waals surface area (Å²) in [7, 11) is 0. The molecule has 0 aliphatic heterocycles. The van der Waals surface area contributed by atoms with Crippen LogP contribution in [0.15, 0.2) is 54.6 Å². The Labute approximate surface area is 130 Å². The number of rotatable bonds is 5. The smallest absolute Gasteiger partial charge is 0.282 e. The first-order valence-corrected chi connectivity index (χ1v) is 7.40. The van der Waals surface area contributed by atoms with Crippen LogP contribution in [0.5, 0.6) is 0 Å². The lowest BCUT2D eigenvalue weighted by Gasteiger charge is -2.17. The van der Waals surface area contributed by atoms with Crippen LogP contribution in [-0.2, 0) is 4.79 Å². The van der Waals surface area contributed by atoms with Crippen LogP contribution in [0.2, 0.25) is 5.02 Å². The molecule has 2 aromatic rings. The normalized spacial score (nSPS) is 13.5. The number of amides is 1. The Bertz CT molecular complexity index is 601. The van der Waals surface area contributed by atoms with Gasteiger partial charge in [-0.2, -0.15) is 0 Å². The van der Waals surface area contributed by atoms with E-state index in [0.717, 1.165) is 11.3 Å². The number of carbonyl (C=O) groups excluding carboxylic acids is 1. The number of hydrogen-bond acceptors (Lipinski definition) is 1. The van der Waals surface area contributed by atoms with Crippen LogP contribution < -0.4 is 10.6 Å². The predicted molar refractivity (Wildman–Crippen MR) is 86.3 cm³/mol. The second-order valence-corrected chi connectivity index (χ2v) is 5.62. The summed E-state index contributed by atoms with van der Waals surface area (Å²) in [6.45, 7) is 3.97. The molecule has 110 valence electrons. The lowest BCUT2D eigenvalue weighted by Crippen LogP contribution is -2.91. The number of nitrogens with two attached hydrogens (primary N) is 1. The third-order valence-corrected chi connectivity index (χ3v) is 3.64. The molecular weight excluding hydrogens is 284 g/mol.